The summed E-state index contributed by atoms with van der Waals surface area (Å²) in [5, 5.41) is 11.4. The van der Waals surface area contributed by atoms with Gasteiger partial charge in [-0.05, 0) is 37.0 Å². The zero-order valence-corrected chi connectivity index (χ0v) is 16.2. The van der Waals surface area contributed by atoms with Crippen LogP contribution in [-0.2, 0) is 26.2 Å². The molecule has 1 aliphatic rings. The Morgan fingerprint density at radius 3 is 2.59 bits per heavy atom. The summed E-state index contributed by atoms with van der Waals surface area (Å²) in [4.78, 5) is 22.9. The smallest absolute Gasteiger partial charge is 0.303 e. The van der Waals surface area contributed by atoms with E-state index in [0.29, 0.717) is 38.3 Å². The largest absolute Gasteiger partial charge is 0.494 e. The SMILES string of the molecule is CS(=O)(=O)N1CCCC[C@@H]1C(=O)NCc1ccc(OCCCC(=O)O)cc1. The second-order valence-electron chi connectivity index (χ2n) is 6.59. The fraction of sp³-hybridized carbons (Fsp3) is 0.556. The summed E-state index contributed by atoms with van der Waals surface area (Å²) in [7, 11) is -3.41. The Balaban J connectivity index is 1.83. The van der Waals surface area contributed by atoms with Crippen molar-refractivity contribution < 1.29 is 27.9 Å². The van der Waals surface area contributed by atoms with E-state index in [1.165, 1.54) is 4.31 Å². The van der Waals surface area contributed by atoms with Crippen molar-refractivity contribution in [2.75, 3.05) is 19.4 Å². The minimum absolute atomic E-state index is 0.0653. The quantitative estimate of drug-likeness (QED) is 0.607. The van der Waals surface area contributed by atoms with Crippen molar-refractivity contribution in [2.24, 2.45) is 0 Å². The molecule has 0 bridgehead atoms. The molecule has 0 aromatic heterocycles. The van der Waals surface area contributed by atoms with Crippen LogP contribution in [0.3, 0.4) is 0 Å². The van der Waals surface area contributed by atoms with Gasteiger partial charge in [0.05, 0.1) is 12.9 Å². The lowest BCUT2D eigenvalue weighted by molar-refractivity contribution is -0.137. The number of hydrogen-bond donors (Lipinski definition) is 2. The molecule has 1 amide bonds. The molecule has 1 aromatic rings. The third-order valence-corrected chi connectivity index (χ3v) is 5.67. The van der Waals surface area contributed by atoms with Gasteiger partial charge >= 0.3 is 5.97 Å². The normalized spacial score (nSPS) is 18.0. The molecule has 2 rings (SSSR count). The van der Waals surface area contributed by atoms with Crippen molar-refractivity contribution in [1.82, 2.24) is 9.62 Å². The molecule has 1 saturated heterocycles. The minimum Gasteiger partial charge on any atom is -0.494 e. The average molecular weight is 398 g/mol. The first kappa shape index (κ1) is 21.2. The van der Waals surface area contributed by atoms with E-state index in [1.54, 1.807) is 12.1 Å². The van der Waals surface area contributed by atoms with E-state index in [4.69, 9.17) is 9.84 Å². The minimum atomic E-state index is -3.41. The van der Waals surface area contributed by atoms with Gasteiger partial charge in [0, 0.05) is 19.5 Å². The molecular formula is C18H26N2O6S. The highest BCUT2D eigenvalue weighted by Crippen LogP contribution is 2.20. The molecule has 8 nitrogen and oxygen atoms in total. The van der Waals surface area contributed by atoms with Gasteiger partial charge in [-0.15, -0.1) is 0 Å². The first-order valence-corrected chi connectivity index (χ1v) is 10.8. The van der Waals surface area contributed by atoms with Crippen LogP contribution >= 0.6 is 0 Å². The summed E-state index contributed by atoms with van der Waals surface area (Å²) >= 11 is 0. The summed E-state index contributed by atoms with van der Waals surface area (Å²) in [6.07, 6.45) is 3.76. The zero-order chi connectivity index (χ0) is 19.9. The van der Waals surface area contributed by atoms with Crippen LogP contribution in [0.15, 0.2) is 24.3 Å². The average Bonchev–Trinajstić information content (AvgIpc) is 2.63. The van der Waals surface area contributed by atoms with E-state index in [2.05, 4.69) is 5.32 Å². The molecule has 1 aliphatic heterocycles. The van der Waals surface area contributed by atoms with Crippen molar-refractivity contribution in [3.8, 4) is 5.75 Å². The van der Waals surface area contributed by atoms with E-state index in [1.807, 2.05) is 12.1 Å². The van der Waals surface area contributed by atoms with Gasteiger partial charge in [-0.1, -0.05) is 18.6 Å². The fourth-order valence-corrected chi connectivity index (χ4v) is 4.11. The zero-order valence-electron chi connectivity index (χ0n) is 15.4. The van der Waals surface area contributed by atoms with Gasteiger partial charge in [0.15, 0.2) is 0 Å². The first-order chi connectivity index (χ1) is 12.8. The third kappa shape index (κ3) is 6.84. The van der Waals surface area contributed by atoms with Crippen LogP contribution in [-0.4, -0.2) is 55.2 Å². The molecule has 27 heavy (non-hydrogen) atoms. The molecule has 1 heterocycles. The summed E-state index contributed by atoms with van der Waals surface area (Å²) in [6, 6.07) is 6.48. The molecule has 0 spiro atoms. The van der Waals surface area contributed by atoms with Gasteiger partial charge in [-0.25, -0.2) is 8.42 Å². The van der Waals surface area contributed by atoms with E-state index >= 15 is 0 Å². The summed E-state index contributed by atoms with van der Waals surface area (Å²) in [5.41, 5.74) is 0.864. The predicted octanol–water partition coefficient (Wildman–Crippen LogP) is 1.36. The predicted molar refractivity (Wildman–Crippen MR) is 99.8 cm³/mol. The number of amides is 1. The fourth-order valence-electron chi connectivity index (χ4n) is 2.99. The molecule has 0 radical (unpaired) electrons. The Kier molecular flexibility index (Phi) is 7.61. The third-order valence-electron chi connectivity index (χ3n) is 4.38. The summed E-state index contributed by atoms with van der Waals surface area (Å²) in [5.74, 6) is -0.503. The van der Waals surface area contributed by atoms with Crippen molar-refractivity contribution >= 4 is 21.9 Å². The van der Waals surface area contributed by atoms with Gasteiger partial charge in [0.2, 0.25) is 15.9 Å². The van der Waals surface area contributed by atoms with Gasteiger partial charge < -0.3 is 15.2 Å². The number of rotatable bonds is 9. The van der Waals surface area contributed by atoms with E-state index < -0.39 is 22.0 Å². The monoisotopic (exact) mass is 398 g/mol. The van der Waals surface area contributed by atoms with Crippen LogP contribution in [0, 0.1) is 0 Å². The number of carbonyl (C=O) groups is 2. The second-order valence-corrected chi connectivity index (χ2v) is 8.53. The van der Waals surface area contributed by atoms with Crippen molar-refractivity contribution in [3.05, 3.63) is 29.8 Å². The number of aliphatic carboxylic acids is 1. The molecule has 0 aliphatic carbocycles. The number of carbonyl (C=O) groups excluding carboxylic acids is 1. The molecule has 1 fully saturated rings. The molecular weight excluding hydrogens is 372 g/mol. The summed E-state index contributed by atoms with van der Waals surface area (Å²) in [6.45, 7) is 1.00. The van der Waals surface area contributed by atoms with Crippen LogP contribution in [0.25, 0.3) is 0 Å². The van der Waals surface area contributed by atoms with Gasteiger partial charge in [0.1, 0.15) is 11.8 Å². The lowest BCUT2D eigenvalue weighted by Gasteiger charge is -2.32. The van der Waals surface area contributed by atoms with Gasteiger partial charge in [-0.3, -0.25) is 9.59 Å². The standard InChI is InChI=1S/C18H26N2O6S/c1-27(24,25)20-11-3-2-5-16(20)18(23)19-13-14-7-9-15(10-8-14)26-12-4-6-17(21)22/h7-10,16H,2-6,11-13H2,1H3,(H,19,23)(H,21,22)/t16-/m1/s1. The highest BCUT2D eigenvalue weighted by molar-refractivity contribution is 7.88. The maximum atomic E-state index is 12.4. The number of piperidine rings is 1. The molecule has 150 valence electrons. The topological polar surface area (TPSA) is 113 Å². The Bertz CT molecular complexity index is 748. The maximum absolute atomic E-state index is 12.4. The van der Waals surface area contributed by atoms with E-state index in [-0.39, 0.29) is 12.3 Å². The molecule has 2 N–H and O–H groups in total. The number of ether oxygens (including phenoxy) is 1. The number of nitrogens with zero attached hydrogens (tertiary/aromatic N) is 1. The Labute approximate surface area is 159 Å². The lowest BCUT2D eigenvalue weighted by atomic mass is 10.0. The first-order valence-electron chi connectivity index (χ1n) is 8.95. The molecule has 1 aromatic carbocycles. The van der Waals surface area contributed by atoms with Crippen LogP contribution in [0.2, 0.25) is 0 Å². The van der Waals surface area contributed by atoms with Crippen molar-refractivity contribution in [2.45, 2.75) is 44.7 Å². The highest BCUT2D eigenvalue weighted by Gasteiger charge is 2.34. The lowest BCUT2D eigenvalue weighted by Crippen LogP contribution is -2.51. The maximum Gasteiger partial charge on any atom is 0.303 e. The Morgan fingerprint density at radius 1 is 1.26 bits per heavy atom. The van der Waals surface area contributed by atoms with Gasteiger partial charge in [0.25, 0.3) is 0 Å². The number of carboxylic acids is 1. The van der Waals surface area contributed by atoms with E-state index in [0.717, 1.165) is 24.7 Å². The molecule has 0 saturated carbocycles. The number of nitrogens with one attached hydrogen (secondary N) is 1. The number of benzene rings is 1. The second kappa shape index (κ2) is 9.70. The number of sulfonamides is 1. The van der Waals surface area contributed by atoms with Crippen LogP contribution in [0.4, 0.5) is 0 Å². The van der Waals surface area contributed by atoms with Crippen LogP contribution in [0.5, 0.6) is 5.75 Å². The van der Waals surface area contributed by atoms with Crippen molar-refractivity contribution in [3.63, 3.8) is 0 Å². The highest BCUT2D eigenvalue weighted by atomic mass is 32.2. The van der Waals surface area contributed by atoms with Crippen LogP contribution in [0.1, 0.15) is 37.7 Å². The molecule has 1 atom stereocenters. The van der Waals surface area contributed by atoms with Gasteiger partial charge in [-0.2, -0.15) is 4.31 Å². The van der Waals surface area contributed by atoms with Crippen LogP contribution < -0.4 is 10.1 Å². The Hall–Kier alpha value is -2.13. The Morgan fingerprint density at radius 2 is 1.96 bits per heavy atom. The molecule has 0 unspecified atom stereocenters. The van der Waals surface area contributed by atoms with E-state index in [9.17, 15) is 18.0 Å². The number of hydrogen-bond acceptors (Lipinski definition) is 5. The number of carboxylic acid groups (broad SMARTS) is 1. The molecule has 9 heteroatoms. The van der Waals surface area contributed by atoms with Crippen molar-refractivity contribution in [1.29, 1.82) is 0 Å². The summed E-state index contributed by atoms with van der Waals surface area (Å²) < 4.78 is 30.5.